The van der Waals surface area contributed by atoms with Crippen molar-refractivity contribution in [2.24, 2.45) is 0 Å². The van der Waals surface area contributed by atoms with Gasteiger partial charge in [-0.1, -0.05) is 12.1 Å². The van der Waals surface area contributed by atoms with Crippen LogP contribution in [0.2, 0.25) is 0 Å². The molecule has 0 saturated heterocycles. The number of hydrogen-bond acceptors (Lipinski definition) is 3. The molecule has 2 rings (SSSR count). The first kappa shape index (κ1) is 12.8. The molecule has 0 fully saturated rings. The molecule has 0 aliphatic rings. The Kier molecular flexibility index (Phi) is 3.61. The van der Waals surface area contributed by atoms with Gasteiger partial charge >= 0.3 is 5.97 Å². The topological polar surface area (TPSA) is 66.4 Å². The van der Waals surface area contributed by atoms with Crippen LogP contribution in [0.5, 0.6) is 0 Å². The minimum absolute atomic E-state index is 0.0229. The highest BCUT2D eigenvalue weighted by Crippen LogP contribution is 2.21. The van der Waals surface area contributed by atoms with Gasteiger partial charge in [0.25, 0.3) is 0 Å². The maximum atomic E-state index is 11.5. The van der Waals surface area contributed by atoms with E-state index in [9.17, 15) is 9.59 Å². The molecular formula is C15H13NO3. The first-order valence-corrected chi connectivity index (χ1v) is 5.78. The normalized spacial score (nSPS) is 9.95. The molecule has 4 nitrogen and oxygen atoms in total. The number of hydrogen-bond donors (Lipinski definition) is 2. The molecule has 2 aromatic carbocycles. The van der Waals surface area contributed by atoms with Gasteiger partial charge in [0.15, 0.2) is 5.78 Å². The molecule has 0 heterocycles. The molecule has 0 spiro atoms. The van der Waals surface area contributed by atoms with E-state index in [2.05, 4.69) is 5.32 Å². The number of carboxylic acids is 1. The standard InChI is InChI=1S/C15H13NO3/c1-10(17)13-4-2-3-5-14(13)16-12-8-6-11(7-9-12)15(18)19/h2-9,16H,1H3,(H,18,19). The number of para-hydroxylation sites is 1. The Morgan fingerprint density at radius 1 is 1.00 bits per heavy atom. The third-order valence-corrected chi connectivity index (χ3v) is 2.72. The predicted molar refractivity (Wildman–Crippen MR) is 73.1 cm³/mol. The number of Topliss-reactive ketones (excluding diaryl/α,β-unsaturated/α-hetero) is 1. The van der Waals surface area contributed by atoms with Crippen LogP contribution in [0, 0.1) is 0 Å². The molecule has 96 valence electrons. The van der Waals surface area contributed by atoms with Crippen LogP contribution in [0.25, 0.3) is 0 Å². The number of anilines is 2. The summed E-state index contributed by atoms with van der Waals surface area (Å²) >= 11 is 0. The van der Waals surface area contributed by atoms with Gasteiger partial charge in [-0.25, -0.2) is 4.79 Å². The average Bonchev–Trinajstić information content (AvgIpc) is 2.39. The van der Waals surface area contributed by atoms with Crippen molar-refractivity contribution in [3.05, 3.63) is 59.7 Å². The van der Waals surface area contributed by atoms with Crippen LogP contribution < -0.4 is 5.32 Å². The van der Waals surface area contributed by atoms with Crippen LogP contribution >= 0.6 is 0 Å². The summed E-state index contributed by atoms with van der Waals surface area (Å²) in [6, 6.07) is 13.6. The highest BCUT2D eigenvalue weighted by molar-refractivity contribution is 6.00. The summed E-state index contributed by atoms with van der Waals surface area (Å²) in [6.07, 6.45) is 0. The largest absolute Gasteiger partial charge is 0.478 e. The molecule has 19 heavy (non-hydrogen) atoms. The van der Waals surface area contributed by atoms with Crippen LogP contribution in [0.1, 0.15) is 27.6 Å². The predicted octanol–water partition coefficient (Wildman–Crippen LogP) is 3.33. The zero-order valence-electron chi connectivity index (χ0n) is 10.4. The van der Waals surface area contributed by atoms with E-state index in [1.807, 2.05) is 12.1 Å². The second-order valence-corrected chi connectivity index (χ2v) is 4.11. The maximum absolute atomic E-state index is 11.5. The highest BCUT2D eigenvalue weighted by atomic mass is 16.4. The van der Waals surface area contributed by atoms with Crippen LogP contribution in [-0.4, -0.2) is 16.9 Å². The van der Waals surface area contributed by atoms with E-state index in [0.717, 1.165) is 5.69 Å². The minimum atomic E-state index is -0.962. The van der Waals surface area contributed by atoms with Gasteiger partial charge < -0.3 is 10.4 Å². The summed E-state index contributed by atoms with van der Waals surface area (Å²) in [7, 11) is 0. The maximum Gasteiger partial charge on any atom is 0.335 e. The number of carboxylic acid groups (broad SMARTS) is 1. The zero-order valence-corrected chi connectivity index (χ0v) is 10.4. The number of carbonyl (C=O) groups is 2. The van der Waals surface area contributed by atoms with Gasteiger partial charge in [-0.2, -0.15) is 0 Å². The molecule has 0 unspecified atom stereocenters. The number of ketones is 1. The molecule has 2 N–H and O–H groups in total. The molecule has 4 heteroatoms. The first-order valence-electron chi connectivity index (χ1n) is 5.78. The van der Waals surface area contributed by atoms with E-state index in [4.69, 9.17) is 5.11 Å². The lowest BCUT2D eigenvalue weighted by Crippen LogP contribution is -2.01. The lowest BCUT2D eigenvalue weighted by molar-refractivity contribution is 0.0696. The summed E-state index contributed by atoms with van der Waals surface area (Å²) in [5.74, 6) is -0.985. The monoisotopic (exact) mass is 255 g/mol. The lowest BCUT2D eigenvalue weighted by Gasteiger charge is -2.10. The molecule has 0 amide bonds. The SMILES string of the molecule is CC(=O)c1ccccc1Nc1ccc(C(=O)O)cc1. The Bertz CT molecular complexity index is 618. The Labute approximate surface area is 110 Å². The first-order chi connectivity index (χ1) is 9.08. The second kappa shape index (κ2) is 5.35. The van der Waals surface area contributed by atoms with Gasteiger partial charge in [0.05, 0.1) is 5.56 Å². The van der Waals surface area contributed by atoms with Gasteiger partial charge in [-0.15, -0.1) is 0 Å². The van der Waals surface area contributed by atoms with Crippen molar-refractivity contribution >= 4 is 23.1 Å². The third kappa shape index (κ3) is 2.98. The van der Waals surface area contributed by atoms with Crippen LogP contribution in [0.15, 0.2) is 48.5 Å². The van der Waals surface area contributed by atoms with Crippen molar-refractivity contribution in [1.29, 1.82) is 0 Å². The molecule has 0 saturated carbocycles. The van der Waals surface area contributed by atoms with Gasteiger partial charge in [-0.3, -0.25) is 4.79 Å². The third-order valence-electron chi connectivity index (χ3n) is 2.72. The average molecular weight is 255 g/mol. The van der Waals surface area contributed by atoms with E-state index in [1.54, 1.807) is 24.3 Å². The number of rotatable bonds is 4. The Hall–Kier alpha value is -2.62. The fourth-order valence-electron chi connectivity index (χ4n) is 1.75. The molecule has 0 atom stereocenters. The number of benzene rings is 2. The summed E-state index contributed by atoms with van der Waals surface area (Å²) in [6.45, 7) is 1.51. The molecule has 0 aliphatic heterocycles. The Balaban J connectivity index is 2.26. The fourth-order valence-corrected chi connectivity index (χ4v) is 1.75. The molecule has 0 radical (unpaired) electrons. The summed E-state index contributed by atoms with van der Waals surface area (Å²) in [5, 5.41) is 11.9. The van der Waals surface area contributed by atoms with E-state index in [0.29, 0.717) is 11.3 Å². The smallest absolute Gasteiger partial charge is 0.335 e. The van der Waals surface area contributed by atoms with Crippen LogP contribution in [0.4, 0.5) is 11.4 Å². The number of aromatic carboxylic acids is 1. The van der Waals surface area contributed by atoms with E-state index < -0.39 is 5.97 Å². The van der Waals surface area contributed by atoms with Crippen LogP contribution in [0.3, 0.4) is 0 Å². The number of carbonyl (C=O) groups excluding carboxylic acids is 1. The molecule has 2 aromatic rings. The minimum Gasteiger partial charge on any atom is -0.478 e. The van der Waals surface area contributed by atoms with E-state index >= 15 is 0 Å². The van der Waals surface area contributed by atoms with Crippen molar-refractivity contribution in [1.82, 2.24) is 0 Å². The highest BCUT2D eigenvalue weighted by Gasteiger charge is 2.07. The van der Waals surface area contributed by atoms with Crippen LogP contribution in [-0.2, 0) is 0 Å². The zero-order chi connectivity index (χ0) is 13.8. The molecule has 0 aliphatic carbocycles. The Morgan fingerprint density at radius 2 is 1.63 bits per heavy atom. The Morgan fingerprint density at radius 3 is 2.21 bits per heavy atom. The summed E-state index contributed by atoms with van der Waals surface area (Å²) in [5.41, 5.74) is 2.27. The van der Waals surface area contributed by atoms with Crippen molar-refractivity contribution in [2.45, 2.75) is 6.92 Å². The van der Waals surface area contributed by atoms with Gasteiger partial charge in [0.1, 0.15) is 0 Å². The second-order valence-electron chi connectivity index (χ2n) is 4.11. The summed E-state index contributed by atoms with van der Waals surface area (Å²) < 4.78 is 0. The molecular weight excluding hydrogens is 242 g/mol. The quantitative estimate of drug-likeness (QED) is 0.822. The van der Waals surface area contributed by atoms with E-state index in [-0.39, 0.29) is 11.3 Å². The number of nitrogens with one attached hydrogen (secondary N) is 1. The van der Waals surface area contributed by atoms with E-state index in [1.165, 1.54) is 19.1 Å². The van der Waals surface area contributed by atoms with Crippen molar-refractivity contribution in [3.63, 3.8) is 0 Å². The molecule has 0 aromatic heterocycles. The van der Waals surface area contributed by atoms with Crippen molar-refractivity contribution in [3.8, 4) is 0 Å². The van der Waals surface area contributed by atoms with Crippen molar-refractivity contribution < 1.29 is 14.7 Å². The van der Waals surface area contributed by atoms with Gasteiger partial charge in [-0.05, 0) is 43.3 Å². The summed E-state index contributed by atoms with van der Waals surface area (Å²) in [4.78, 5) is 22.2. The van der Waals surface area contributed by atoms with Gasteiger partial charge in [0.2, 0.25) is 0 Å². The fraction of sp³-hybridized carbons (Fsp3) is 0.0667. The van der Waals surface area contributed by atoms with Gasteiger partial charge in [0, 0.05) is 16.9 Å². The molecule has 0 bridgehead atoms. The van der Waals surface area contributed by atoms with Crippen molar-refractivity contribution in [2.75, 3.05) is 5.32 Å². The lowest BCUT2D eigenvalue weighted by atomic mass is 10.1.